The normalized spacial score (nSPS) is 15.7. The molecule has 0 unspecified atom stereocenters. The predicted octanol–water partition coefficient (Wildman–Crippen LogP) is 3.39. The molecule has 0 spiro atoms. The molecule has 1 aromatic carbocycles. The van der Waals surface area contributed by atoms with Crippen molar-refractivity contribution in [1.29, 1.82) is 0 Å². The molecule has 3 rings (SSSR count). The van der Waals surface area contributed by atoms with Gasteiger partial charge in [0.2, 0.25) is 5.91 Å². The lowest BCUT2D eigenvalue weighted by molar-refractivity contribution is -0.115. The van der Waals surface area contributed by atoms with Gasteiger partial charge < -0.3 is 19.5 Å². The van der Waals surface area contributed by atoms with Gasteiger partial charge in [0, 0.05) is 36.8 Å². The average Bonchev–Trinajstić information content (AvgIpc) is 3.11. The Morgan fingerprint density at radius 1 is 1.14 bits per heavy atom. The van der Waals surface area contributed by atoms with Crippen molar-refractivity contribution in [3.8, 4) is 11.3 Å². The molecule has 6 nitrogen and oxygen atoms in total. The number of carbonyl (C=O) groups is 2. The molecule has 29 heavy (non-hydrogen) atoms. The Morgan fingerprint density at radius 3 is 2.76 bits per heavy atom. The first kappa shape index (κ1) is 20.6. The third-order valence-electron chi connectivity index (χ3n) is 4.99. The van der Waals surface area contributed by atoms with E-state index in [4.69, 9.17) is 4.42 Å². The number of benzene rings is 1. The molecule has 2 aromatic rings. The Kier molecular flexibility index (Phi) is 6.67. The summed E-state index contributed by atoms with van der Waals surface area (Å²) in [6.45, 7) is 8.69. The van der Waals surface area contributed by atoms with Gasteiger partial charge in [-0.25, -0.2) is 0 Å². The van der Waals surface area contributed by atoms with Crippen LogP contribution in [0.1, 0.15) is 29.5 Å². The van der Waals surface area contributed by atoms with Crippen molar-refractivity contribution in [2.75, 3.05) is 33.2 Å². The second-order valence-corrected chi connectivity index (χ2v) is 7.23. The minimum absolute atomic E-state index is 0.0473. The standard InChI is InChI=1S/C23H27N3O3/c1-4-24-22(27)15-17(2)20-9-10-21(29-20)18-7-5-8-19(16-18)23(28)26-12-6-11-25(3)13-14-26/h4-5,7-10,15-16H,1,6,11-14H2,2-3H3,(H,24,27). The Bertz CT molecular complexity index is 929. The van der Waals surface area contributed by atoms with Crippen molar-refractivity contribution in [2.45, 2.75) is 13.3 Å². The third kappa shape index (κ3) is 5.23. The summed E-state index contributed by atoms with van der Waals surface area (Å²) in [6.07, 6.45) is 3.78. The summed E-state index contributed by atoms with van der Waals surface area (Å²) < 4.78 is 5.92. The smallest absolute Gasteiger partial charge is 0.253 e. The Hall–Kier alpha value is -3.12. The zero-order valence-corrected chi connectivity index (χ0v) is 17.0. The number of carbonyl (C=O) groups excluding carboxylic acids is 2. The van der Waals surface area contributed by atoms with Crippen molar-refractivity contribution in [1.82, 2.24) is 15.1 Å². The number of hydrogen-bond acceptors (Lipinski definition) is 4. The third-order valence-corrected chi connectivity index (χ3v) is 4.99. The van der Waals surface area contributed by atoms with E-state index >= 15 is 0 Å². The van der Waals surface area contributed by atoms with Crippen LogP contribution >= 0.6 is 0 Å². The van der Waals surface area contributed by atoms with Crippen LogP contribution in [0.5, 0.6) is 0 Å². The lowest BCUT2D eigenvalue weighted by Crippen LogP contribution is -2.34. The van der Waals surface area contributed by atoms with E-state index in [9.17, 15) is 9.59 Å². The first-order chi connectivity index (χ1) is 14.0. The summed E-state index contributed by atoms with van der Waals surface area (Å²) in [5.74, 6) is 1.05. The first-order valence-corrected chi connectivity index (χ1v) is 9.76. The minimum Gasteiger partial charge on any atom is -0.456 e. The Labute approximate surface area is 171 Å². The topological polar surface area (TPSA) is 65.8 Å². The molecule has 0 atom stereocenters. The van der Waals surface area contributed by atoms with Gasteiger partial charge in [-0.3, -0.25) is 9.59 Å². The minimum atomic E-state index is -0.258. The molecule has 1 aromatic heterocycles. The highest BCUT2D eigenvalue weighted by molar-refractivity contribution is 5.96. The monoisotopic (exact) mass is 393 g/mol. The highest BCUT2D eigenvalue weighted by atomic mass is 16.3. The number of rotatable bonds is 5. The summed E-state index contributed by atoms with van der Waals surface area (Å²) in [5, 5.41) is 2.50. The summed E-state index contributed by atoms with van der Waals surface area (Å²) in [4.78, 5) is 28.8. The molecule has 0 aliphatic carbocycles. The number of amides is 2. The van der Waals surface area contributed by atoms with Crippen molar-refractivity contribution in [2.24, 2.45) is 0 Å². The zero-order chi connectivity index (χ0) is 20.8. The predicted molar refractivity (Wildman–Crippen MR) is 114 cm³/mol. The highest BCUT2D eigenvalue weighted by Gasteiger charge is 2.19. The number of furan rings is 1. The maximum atomic E-state index is 13.0. The van der Waals surface area contributed by atoms with Crippen LogP contribution in [0.3, 0.4) is 0 Å². The molecule has 2 heterocycles. The van der Waals surface area contributed by atoms with Crippen molar-refractivity contribution < 1.29 is 14.0 Å². The van der Waals surface area contributed by atoms with Crippen molar-refractivity contribution in [3.05, 3.63) is 66.6 Å². The van der Waals surface area contributed by atoms with E-state index in [1.54, 1.807) is 0 Å². The number of nitrogens with one attached hydrogen (secondary N) is 1. The maximum absolute atomic E-state index is 13.0. The SMILES string of the molecule is C=CNC(=O)C=C(C)c1ccc(-c2cccc(C(=O)N3CCCN(C)CC3)c2)o1. The molecule has 0 bridgehead atoms. The largest absolute Gasteiger partial charge is 0.456 e. The van der Waals surface area contributed by atoms with Crippen LogP contribution in [0.25, 0.3) is 16.9 Å². The summed E-state index contributed by atoms with van der Waals surface area (Å²) >= 11 is 0. The van der Waals surface area contributed by atoms with E-state index in [0.717, 1.165) is 38.2 Å². The van der Waals surface area contributed by atoms with Gasteiger partial charge >= 0.3 is 0 Å². The van der Waals surface area contributed by atoms with Gasteiger partial charge in [-0.05, 0) is 63.0 Å². The number of nitrogens with zero attached hydrogens (tertiary/aromatic N) is 2. The van der Waals surface area contributed by atoms with Crippen LogP contribution in [0.4, 0.5) is 0 Å². The summed E-state index contributed by atoms with van der Waals surface area (Å²) in [7, 11) is 2.08. The van der Waals surface area contributed by atoms with Crippen LogP contribution in [-0.4, -0.2) is 54.8 Å². The Morgan fingerprint density at radius 2 is 1.97 bits per heavy atom. The van der Waals surface area contributed by atoms with Crippen LogP contribution < -0.4 is 5.32 Å². The lowest BCUT2D eigenvalue weighted by atomic mass is 10.1. The van der Waals surface area contributed by atoms with E-state index < -0.39 is 0 Å². The van der Waals surface area contributed by atoms with Gasteiger partial charge in [0.25, 0.3) is 5.91 Å². The van der Waals surface area contributed by atoms with Gasteiger partial charge in [-0.1, -0.05) is 18.7 Å². The lowest BCUT2D eigenvalue weighted by Gasteiger charge is -2.20. The molecule has 1 fully saturated rings. The van der Waals surface area contributed by atoms with Gasteiger partial charge in [0.15, 0.2) is 0 Å². The van der Waals surface area contributed by atoms with Crippen LogP contribution in [0, 0.1) is 0 Å². The molecule has 1 saturated heterocycles. The van der Waals surface area contributed by atoms with E-state index in [2.05, 4.69) is 23.8 Å². The van der Waals surface area contributed by atoms with Gasteiger partial charge in [0.1, 0.15) is 11.5 Å². The fourth-order valence-electron chi connectivity index (χ4n) is 3.35. The molecule has 6 heteroatoms. The zero-order valence-electron chi connectivity index (χ0n) is 17.0. The van der Waals surface area contributed by atoms with Crippen molar-refractivity contribution >= 4 is 17.4 Å². The van der Waals surface area contributed by atoms with E-state index in [1.807, 2.05) is 48.2 Å². The van der Waals surface area contributed by atoms with Crippen LogP contribution in [-0.2, 0) is 4.79 Å². The van der Waals surface area contributed by atoms with Gasteiger partial charge in [-0.15, -0.1) is 0 Å². The molecular formula is C23H27N3O3. The molecule has 1 aliphatic heterocycles. The maximum Gasteiger partial charge on any atom is 0.253 e. The molecule has 0 saturated carbocycles. The Balaban J connectivity index is 1.78. The van der Waals surface area contributed by atoms with Gasteiger partial charge in [-0.2, -0.15) is 0 Å². The molecule has 2 amide bonds. The van der Waals surface area contributed by atoms with E-state index in [0.29, 0.717) is 22.7 Å². The molecule has 1 aliphatic rings. The van der Waals surface area contributed by atoms with E-state index in [-0.39, 0.29) is 11.8 Å². The van der Waals surface area contributed by atoms with Gasteiger partial charge in [0.05, 0.1) is 0 Å². The van der Waals surface area contributed by atoms with Crippen LogP contribution in [0.2, 0.25) is 0 Å². The molecular weight excluding hydrogens is 366 g/mol. The molecule has 152 valence electrons. The fourth-order valence-corrected chi connectivity index (χ4v) is 3.35. The van der Waals surface area contributed by atoms with E-state index in [1.165, 1.54) is 12.3 Å². The van der Waals surface area contributed by atoms with Crippen molar-refractivity contribution in [3.63, 3.8) is 0 Å². The summed E-state index contributed by atoms with van der Waals surface area (Å²) in [6, 6.07) is 11.2. The fraction of sp³-hybridized carbons (Fsp3) is 0.304. The number of likely N-dealkylation sites (N-methyl/N-ethyl adjacent to an activating group) is 1. The quantitative estimate of drug-likeness (QED) is 0.791. The summed E-state index contributed by atoms with van der Waals surface area (Å²) in [5.41, 5.74) is 2.19. The average molecular weight is 393 g/mol. The highest BCUT2D eigenvalue weighted by Crippen LogP contribution is 2.27. The number of allylic oxidation sites excluding steroid dienone is 1. The first-order valence-electron chi connectivity index (χ1n) is 9.76. The van der Waals surface area contributed by atoms with Crippen LogP contribution in [0.15, 0.2) is 59.7 Å². The molecule has 0 radical (unpaired) electrons. The number of hydrogen-bond donors (Lipinski definition) is 1. The second kappa shape index (κ2) is 9.39. The second-order valence-electron chi connectivity index (χ2n) is 7.23. The molecule has 1 N–H and O–H groups in total.